The molecule has 73 heavy (non-hydrogen) atoms. The van der Waals surface area contributed by atoms with Crippen LogP contribution >= 0.6 is 0 Å². The third-order valence-corrected chi connectivity index (χ3v) is 13.4. The highest BCUT2D eigenvalue weighted by molar-refractivity contribution is 5.71. The van der Waals surface area contributed by atoms with Crippen molar-refractivity contribution in [3.05, 3.63) is 85.1 Å². The molecule has 1 atom stereocenters. The van der Waals surface area contributed by atoms with Crippen molar-refractivity contribution in [2.24, 2.45) is 0 Å². The Kier molecular flexibility index (Phi) is 58.3. The molecule has 0 aromatic heterocycles. The maximum atomic E-state index is 12.8. The molecule has 0 saturated carbocycles. The van der Waals surface area contributed by atoms with Crippen molar-refractivity contribution in [1.82, 2.24) is 0 Å². The number of hydrogen-bond acceptors (Lipinski definition) is 6. The van der Waals surface area contributed by atoms with Crippen LogP contribution in [-0.4, -0.2) is 37.2 Å². The largest absolute Gasteiger partial charge is 0.462 e. The monoisotopic (exact) mass is 1020 g/mol. The summed E-state index contributed by atoms with van der Waals surface area (Å²) in [6, 6.07) is 0. The molecule has 0 aliphatic carbocycles. The fourth-order valence-corrected chi connectivity index (χ4v) is 8.78. The second kappa shape index (κ2) is 61.1. The summed E-state index contributed by atoms with van der Waals surface area (Å²) in [5, 5.41) is 0. The highest BCUT2D eigenvalue weighted by Gasteiger charge is 2.19. The molecule has 0 radical (unpaired) electrons. The number of carbonyl (C=O) groups is 3. The molecule has 0 aromatic rings. The molecule has 6 heteroatoms. The number of carbonyl (C=O) groups excluding carboxylic acids is 3. The summed E-state index contributed by atoms with van der Waals surface area (Å²) < 4.78 is 16.9. The van der Waals surface area contributed by atoms with E-state index in [-0.39, 0.29) is 31.1 Å². The molecular weight excluding hydrogens is 901 g/mol. The number of ether oxygens (including phenoxy) is 3. The van der Waals surface area contributed by atoms with Gasteiger partial charge in [-0.05, 0) is 77.0 Å². The molecule has 0 heterocycles. The van der Waals surface area contributed by atoms with Crippen molar-refractivity contribution in [2.45, 2.75) is 309 Å². The van der Waals surface area contributed by atoms with E-state index in [2.05, 4.69) is 106 Å². The number of unbranched alkanes of at least 4 members (excludes halogenated alkanes) is 31. The highest BCUT2D eigenvalue weighted by atomic mass is 16.6. The lowest BCUT2D eigenvalue weighted by Crippen LogP contribution is -2.30. The predicted octanol–water partition coefficient (Wildman–Crippen LogP) is 21.1. The number of hydrogen-bond donors (Lipinski definition) is 0. The zero-order valence-electron chi connectivity index (χ0n) is 48.1. The second-order valence-corrected chi connectivity index (χ2v) is 20.6. The van der Waals surface area contributed by atoms with Crippen molar-refractivity contribution in [3.8, 4) is 0 Å². The molecule has 0 fully saturated rings. The van der Waals surface area contributed by atoms with Gasteiger partial charge in [-0.25, -0.2) is 0 Å². The van der Waals surface area contributed by atoms with Crippen LogP contribution in [0.4, 0.5) is 0 Å². The first kappa shape index (κ1) is 69.6. The van der Waals surface area contributed by atoms with Crippen LogP contribution in [0.5, 0.6) is 0 Å². The average molecular weight is 1020 g/mol. The Labute approximate surface area is 452 Å². The zero-order chi connectivity index (χ0) is 52.9. The van der Waals surface area contributed by atoms with Gasteiger partial charge in [0, 0.05) is 19.3 Å². The van der Waals surface area contributed by atoms with Crippen LogP contribution in [0.1, 0.15) is 303 Å². The molecule has 1 unspecified atom stereocenters. The third kappa shape index (κ3) is 59.3. The van der Waals surface area contributed by atoms with Crippen molar-refractivity contribution < 1.29 is 28.6 Å². The minimum absolute atomic E-state index is 0.0733. The van der Waals surface area contributed by atoms with E-state index in [9.17, 15) is 14.4 Å². The molecule has 0 rings (SSSR count). The van der Waals surface area contributed by atoms with Crippen molar-refractivity contribution >= 4 is 17.9 Å². The zero-order valence-corrected chi connectivity index (χ0v) is 48.1. The summed E-state index contributed by atoms with van der Waals surface area (Å²) in [7, 11) is 0. The SMILES string of the molecule is CC/C=C\C/C=C\C/C=C\C/C=C\C/C=C\C/C=C\C/C=C\CCCCCCCCCCCC(=O)OCC(COC(=O)CCCCCCCCCCCC)OC(=O)CCCCCCCCCCCCCCCC. The molecular formula is C67H116O6. The highest BCUT2D eigenvalue weighted by Crippen LogP contribution is 2.16. The van der Waals surface area contributed by atoms with E-state index >= 15 is 0 Å². The van der Waals surface area contributed by atoms with E-state index in [1.54, 1.807) is 0 Å². The van der Waals surface area contributed by atoms with Crippen LogP contribution in [0.2, 0.25) is 0 Å². The first-order chi connectivity index (χ1) is 36.0. The molecule has 0 bridgehead atoms. The van der Waals surface area contributed by atoms with Gasteiger partial charge in [0.25, 0.3) is 0 Å². The predicted molar refractivity (Wildman–Crippen MR) is 316 cm³/mol. The Morgan fingerprint density at radius 1 is 0.288 bits per heavy atom. The Balaban J connectivity index is 4.18. The van der Waals surface area contributed by atoms with Crippen LogP contribution < -0.4 is 0 Å². The molecule has 0 aliphatic rings. The van der Waals surface area contributed by atoms with E-state index in [4.69, 9.17) is 14.2 Å². The molecule has 6 nitrogen and oxygen atoms in total. The lowest BCUT2D eigenvalue weighted by molar-refractivity contribution is -0.167. The maximum Gasteiger partial charge on any atom is 0.306 e. The van der Waals surface area contributed by atoms with Gasteiger partial charge in [0.15, 0.2) is 6.10 Å². The fourth-order valence-electron chi connectivity index (χ4n) is 8.78. The first-order valence-electron chi connectivity index (χ1n) is 31.1. The average Bonchev–Trinajstić information content (AvgIpc) is 3.39. The number of allylic oxidation sites excluding steroid dienone is 14. The topological polar surface area (TPSA) is 78.9 Å². The van der Waals surface area contributed by atoms with Crippen LogP contribution in [0.25, 0.3) is 0 Å². The Morgan fingerprint density at radius 2 is 0.534 bits per heavy atom. The summed E-state index contributed by atoms with van der Waals surface area (Å²) in [6.45, 7) is 6.53. The minimum Gasteiger partial charge on any atom is -0.462 e. The molecule has 0 saturated heterocycles. The quantitative estimate of drug-likeness (QED) is 0.0261. The van der Waals surface area contributed by atoms with Crippen molar-refractivity contribution in [1.29, 1.82) is 0 Å². The van der Waals surface area contributed by atoms with Gasteiger partial charge < -0.3 is 14.2 Å². The lowest BCUT2D eigenvalue weighted by Gasteiger charge is -2.18. The van der Waals surface area contributed by atoms with Gasteiger partial charge in [0.05, 0.1) is 0 Å². The standard InChI is InChI=1S/C67H116O6/c1-4-7-10-13-16-19-22-24-26-27-28-29-30-31-32-33-34-35-36-37-38-39-40-41-42-44-45-48-51-54-57-60-66(69)72-63-64(62-71-65(68)59-56-53-50-47-21-18-15-12-9-6-3)73-67(70)61-58-55-52-49-46-43-25-23-20-17-14-11-8-5-2/h7,10,16,19,24,26,28-29,31-32,34-35,37-38,64H,4-6,8-9,11-15,17-18,20-23,25,27,30,33,36,39-63H2,1-3H3/b10-7-,19-16-,26-24-,29-28-,32-31-,35-34-,38-37-. The Morgan fingerprint density at radius 3 is 0.836 bits per heavy atom. The van der Waals surface area contributed by atoms with Gasteiger partial charge in [-0.15, -0.1) is 0 Å². The van der Waals surface area contributed by atoms with Crippen molar-refractivity contribution in [2.75, 3.05) is 13.2 Å². The summed E-state index contributed by atoms with van der Waals surface area (Å²) in [6.07, 6.45) is 80.2. The number of rotatable bonds is 56. The Hall–Kier alpha value is -3.41. The van der Waals surface area contributed by atoms with Gasteiger partial charge in [0.1, 0.15) is 13.2 Å². The van der Waals surface area contributed by atoms with E-state index in [1.807, 2.05) is 0 Å². The summed E-state index contributed by atoms with van der Waals surface area (Å²) in [4.78, 5) is 38.1. The van der Waals surface area contributed by atoms with E-state index in [0.29, 0.717) is 19.3 Å². The van der Waals surface area contributed by atoms with E-state index in [1.165, 1.54) is 154 Å². The first-order valence-corrected chi connectivity index (χ1v) is 31.1. The summed E-state index contributed by atoms with van der Waals surface area (Å²) in [5.41, 5.74) is 0. The number of esters is 3. The van der Waals surface area contributed by atoms with Crippen LogP contribution in [0.15, 0.2) is 85.1 Å². The lowest BCUT2D eigenvalue weighted by atomic mass is 10.0. The van der Waals surface area contributed by atoms with Gasteiger partial charge in [-0.2, -0.15) is 0 Å². The van der Waals surface area contributed by atoms with Crippen molar-refractivity contribution in [3.63, 3.8) is 0 Å². The molecule has 0 aliphatic heterocycles. The normalized spacial score (nSPS) is 12.6. The second-order valence-electron chi connectivity index (χ2n) is 20.6. The smallest absolute Gasteiger partial charge is 0.306 e. The van der Waals surface area contributed by atoms with Gasteiger partial charge in [0.2, 0.25) is 0 Å². The van der Waals surface area contributed by atoms with E-state index in [0.717, 1.165) is 109 Å². The van der Waals surface area contributed by atoms with Gasteiger partial charge in [-0.1, -0.05) is 292 Å². The van der Waals surface area contributed by atoms with Gasteiger partial charge >= 0.3 is 17.9 Å². The van der Waals surface area contributed by atoms with Crippen LogP contribution in [-0.2, 0) is 28.6 Å². The maximum absolute atomic E-state index is 12.8. The fraction of sp³-hybridized carbons (Fsp3) is 0.746. The van der Waals surface area contributed by atoms with Gasteiger partial charge in [-0.3, -0.25) is 14.4 Å². The molecule has 0 amide bonds. The van der Waals surface area contributed by atoms with Crippen LogP contribution in [0, 0.1) is 0 Å². The molecule has 0 spiro atoms. The Bertz CT molecular complexity index is 1400. The summed E-state index contributed by atoms with van der Waals surface area (Å²) >= 11 is 0. The molecule has 420 valence electrons. The van der Waals surface area contributed by atoms with E-state index < -0.39 is 6.10 Å². The third-order valence-electron chi connectivity index (χ3n) is 13.4. The van der Waals surface area contributed by atoms with Crippen LogP contribution in [0.3, 0.4) is 0 Å². The minimum atomic E-state index is -0.774. The molecule has 0 aromatic carbocycles. The summed E-state index contributed by atoms with van der Waals surface area (Å²) in [5.74, 6) is -0.870. The molecule has 0 N–H and O–H groups in total.